The molecule has 4 heteroatoms. The third-order valence-electron chi connectivity index (χ3n) is 1.26. The maximum absolute atomic E-state index is 5.55. The van der Waals surface area contributed by atoms with Gasteiger partial charge in [-0.15, -0.1) is 11.3 Å². The van der Waals surface area contributed by atoms with E-state index >= 15 is 0 Å². The Hall–Kier alpha value is -0.450. The lowest BCUT2D eigenvalue weighted by Crippen LogP contribution is -2.30. The molecule has 0 radical (unpaired) electrons. The van der Waals surface area contributed by atoms with E-state index in [0.717, 1.165) is 18.8 Å². The molecule has 0 saturated carbocycles. The van der Waals surface area contributed by atoms with Gasteiger partial charge < -0.3 is 11.1 Å². The number of nitrogens with two attached hydrogens (primary N) is 1. The van der Waals surface area contributed by atoms with E-state index in [1.807, 2.05) is 17.8 Å². The molecule has 0 aromatic carbocycles. The highest BCUT2D eigenvalue weighted by atomic mass is 32.1. The summed E-state index contributed by atoms with van der Waals surface area (Å²) in [6, 6.07) is 0.216. The van der Waals surface area contributed by atoms with Crippen LogP contribution < -0.4 is 11.1 Å². The molecule has 3 nitrogen and oxygen atoms in total. The van der Waals surface area contributed by atoms with Crippen molar-refractivity contribution in [1.82, 2.24) is 10.3 Å². The van der Waals surface area contributed by atoms with E-state index in [1.165, 1.54) is 0 Å². The van der Waals surface area contributed by atoms with Gasteiger partial charge in [0.2, 0.25) is 0 Å². The topological polar surface area (TPSA) is 50.9 Å². The summed E-state index contributed by atoms with van der Waals surface area (Å²) in [5.41, 5.74) is 8.48. The molecule has 1 aromatic rings. The van der Waals surface area contributed by atoms with Crippen molar-refractivity contribution in [3.05, 3.63) is 16.6 Å². The lowest BCUT2D eigenvalue weighted by atomic mass is 10.3. The molecule has 3 N–H and O–H groups in total. The van der Waals surface area contributed by atoms with Gasteiger partial charge in [0.15, 0.2) is 0 Å². The maximum atomic E-state index is 5.55. The first kappa shape index (κ1) is 8.64. The van der Waals surface area contributed by atoms with Gasteiger partial charge in [-0.25, -0.2) is 4.98 Å². The van der Waals surface area contributed by atoms with Gasteiger partial charge in [-0.2, -0.15) is 0 Å². The van der Waals surface area contributed by atoms with Crippen molar-refractivity contribution >= 4 is 11.3 Å². The summed E-state index contributed by atoms with van der Waals surface area (Å²) in [5.74, 6) is 0. The lowest BCUT2D eigenvalue weighted by molar-refractivity contribution is 0.603. The Bertz CT molecular complexity index is 184. The minimum absolute atomic E-state index is 0.216. The molecule has 0 amide bonds. The van der Waals surface area contributed by atoms with Crippen molar-refractivity contribution in [2.45, 2.75) is 19.5 Å². The van der Waals surface area contributed by atoms with Crippen LogP contribution >= 0.6 is 11.3 Å². The number of hydrogen-bond acceptors (Lipinski definition) is 4. The van der Waals surface area contributed by atoms with Crippen LogP contribution in [-0.4, -0.2) is 17.6 Å². The molecule has 0 fully saturated rings. The van der Waals surface area contributed by atoms with Crippen LogP contribution in [0.5, 0.6) is 0 Å². The second-order valence-corrected chi connectivity index (χ2v) is 3.31. The Kier molecular flexibility index (Phi) is 3.48. The SMILES string of the molecule is CC(N)CNCc1cscn1. The van der Waals surface area contributed by atoms with Gasteiger partial charge in [-0.05, 0) is 6.92 Å². The molecular weight excluding hydrogens is 158 g/mol. The predicted octanol–water partition coefficient (Wildman–Crippen LogP) is 0.580. The quantitative estimate of drug-likeness (QED) is 0.696. The summed E-state index contributed by atoms with van der Waals surface area (Å²) in [5, 5.41) is 5.24. The van der Waals surface area contributed by atoms with Crippen molar-refractivity contribution in [2.75, 3.05) is 6.54 Å². The van der Waals surface area contributed by atoms with E-state index in [0.29, 0.717) is 0 Å². The van der Waals surface area contributed by atoms with Crippen LogP contribution in [0.25, 0.3) is 0 Å². The first-order valence-corrected chi connectivity index (χ1v) is 4.56. The zero-order valence-electron chi connectivity index (χ0n) is 6.58. The molecule has 0 aliphatic heterocycles. The van der Waals surface area contributed by atoms with Crippen LogP contribution in [0.15, 0.2) is 10.9 Å². The minimum atomic E-state index is 0.216. The fourth-order valence-corrected chi connectivity index (χ4v) is 1.31. The Labute approximate surface area is 70.6 Å². The molecule has 0 spiro atoms. The number of nitrogens with zero attached hydrogens (tertiary/aromatic N) is 1. The predicted molar refractivity (Wildman–Crippen MR) is 47.5 cm³/mol. The number of hydrogen-bond donors (Lipinski definition) is 2. The molecule has 0 saturated heterocycles. The molecule has 1 aromatic heterocycles. The molecular formula is C7H13N3S. The van der Waals surface area contributed by atoms with E-state index in [4.69, 9.17) is 5.73 Å². The van der Waals surface area contributed by atoms with E-state index < -0.39 is 0 Å². The second kappa shape index (κ2) is 4.43. The molecule has 1 heterocycles. The molecule has 62 valence electrons. The molecule has 0 aliphatic carbocycles. The summed E-state index contributed by atoms with van der Waals surface area (Å²) in [6.45, 7) is 3.65. The number of nitrogens with one attached hydrogen (secondary N) is 1. The Morgan fingerprint density at radius 2 is 2.64 bits per heavy atom. The molecule has 11 heavy (non-hydrogen) atoms. The highest BCUT2D eigenvalue weighted by Crippen LogP contribution is 1.99. The average Bonchev–Trinajstić information content (AvgIpc) is 2.39. The highest BCUT2D eigenvalue weighted by molar-refractivity contribution is 7.07. The normalized spacial score (nSPS) is 13.3. The first-order chi connectivity index (χ1) is 5.29. The van der Waals surface area contributed by atoms with Gasteiger partial charge in [0.1, 0.15) is 0 Å². The number of aromatic nitrogens is 1. The standard InChI is InChI=1S/C7H13N3S/c1-6(8)2-9-3-7-4-11-5-10-7/h4-6,9H,2-3,8H2,1H3. The van der Waals surface area contributed by atoms with Gasteiger partial charge in [0.25, 0.3) is 0 Å². The van der Waals surface area contributed by atoms with E-state index in [9.17, 15) is 0 Å². The van der Waals surface area contributed by atoms with Crippen LogP contribution in [-0.2, 0) is 6.54 Å². The molecule has 1 rings (SSSR count). The van der Waals surface area contributed by atoms with Crippen LogP contribution in [0.1, 0.15) is 12.6 Å². The second-order valence-electron chi connectivity index (χ2n) is 2.59. The monoisotopic (exact) mass is 171 g/mol. The largest absolute Gasteiger partial charge is 0.327 e. The zero-order valence-corrected chi connectivity index (χ0v) is 7.40. The van der Waals surface area contributed by atoms with Crippen LogP contribution in [0, 0.1) is 0 Å². The van der Waals surface area contributed by atoms with E-state index in [-0.39, 0.29) is 6.04 Å². The molecule has 1 atom stereocenters. The van der Waals surface area contributed by atoms with Crippen molar-refractivity contribution in [1.29, 1.82) is 0 Å². The number of rotatable bonds is 4. The summed E-state index contributed by atoms with van der Waals surface area (Å²) in [7, 11) is 0. The van der Waals surface area contributed by atoms with Gasteiger partial charge in [0, 0.05) is 24.5 Å². The highest BCUT2D eigenvalue weighted by Gasteiger charge is 1.95. The first-order valence-electron chi connectivity index (χ1n) is 3.62. The van der Waals surface area contributed by atoms with Gasteiger partial charge in [-0.3, -0.25) is 0 Å². The third-order valence-corrected chi connectivity index (χ3v) is 1.89. The van der Waals surface area contributed by atoms with Crippen molar-refractivity contribution in [3.8, 4) is 0 Å². The fourth-order valence-electron chi connectivity index (χ4n) is 0.753. The Morgan fingerprint density at radius 3 is 3.18 bits per heavy atom. The lowest BCUT2D eigenvalue weighted by Gasteiger charge is -2.04. The van der Waals surface area contributed by atoms with Gasteiger partial charge in [0.05, 0.1) is 11.2 Å². The van der Waals surface area contributed by atoms with Gasteiger partial charge >= 0.3 is 0 Å². The smallest absolute Gasteiger partial charge is 0.0795 e. The van der Waals surface area contributed by atoms with Crippen molar-refractivity contribution in [3.63, 3.8) is 0 Å². The third kappa shape index (κ3) is 3.46. The minimum Gasteiger partial charge on any atom is -0.327 e. The van der Waals surface area contributed by atoms with Crippen molar-refractivity contribution in [2.24, 2.45) is 5.73 Å². The van der Waals surface area contributed by atoms with E-state index in [1.54, 1.807) is 11.3 Å². The fraction of sp³-hybridized carbons (Fsp3) is 0.571. The molecule has 0 bridgehead atoms. The zero-order chi connectivity index (χ0) is 8.10. The summed E-state index contributed by atoms with van der Waals surface area (Å²) >= 11 is 1.62. The molecule has 0 aliphatic rings. The van der Waals surface area contributed by atoms with E-state index in [2.05, 4.69) is 10.3 Å². The Balaban J connectivity index is 2.14. The van der Waals surface area contributed by atoms with Crippen LogP contribution in [0.2, 0.25) is 0 Å². The molecule has 1 unspecified atom stereocenters. The van der Waals surface area contributed by atoms with Gasteiger partial charge in [-0.1, -0.05) is 0 Å². The average molecular weight is 171 g/mol. The Morgan fingerprint density at radius 1 is 1.82 bits per heavy atom. The maximum Gasteiger partial charge on any atom is 0.0795 e. The van der Waals surface area contributed by atoms with Crippen LogP contribution in [0.4, 0.5) is 0 Å². The summed E-state index contributed by atoms with van der Waals surface area (Å²) in [4.78, 5) is 4.13. The number of thiazole rings is 1. The van der Waals surface area contributed by atoms with Crippen LogP contribution in [0.3, 0.4) is 0 Å². The summed E-state index contributed by atoms with van der Waals surface area (Å²) in [6.07, 6.45) is 0. The van der Waals surface area contributed by atoms with Crippen molar-refractivity contribution < 1.29 is 0 Å². The summed E-state index contributed by atoms with van der Waals surface area (Å²) < 4.78 is 0.